The third-order valence-corrected chi connectivity index (χ3v) is 8.28. The van der Waals surface area contributed by atoms with Crippen molar-refractivity contribution in [3.8, 4) is 0 Å². The zero-order valence-corrected chi connectivity index (χ0v) is 17.6. The lowest BCUT2D eigenvalue weighted by molar-refractivity contribution is 0.124. The number of sulfonamides is 1. The SMILES string of the molecule is CC(C)c1noc([C@H](C)N2CCN(S(=O)(=O)c3ccc(Br)s3)CC2)n1. The topological polar surface area (TPSA) is 79.5 Å². The first kappa shape index (κ1) is 19.0. The Labute approximate surface area is 160 Å². The summed E-state index contributed by atoms with van der Waals surface area (Å²) >= 11 is 4.56. The van der Waals surface area contributed by atoms with Gasteiger partial charge in [0.25, 0.3) is 10.0 Å². The van der Waals surface area contributed by atoms with E-state index < -0.39 is 10.0 Å². The smallest absolute Gasteiger partial charge is 0.252 e. The molecule has 0 bridgehead atoms. The van der Waals surface area contributed by atoms with E-state index in [-0.39, 0.29) is 12.0 Å². The van der Waals surface area contributed by atoms with Gasteiger partial charge in [-0.05, 0) is 35.0 Å². The molecule has 0 saturated carbocycles. The molecular weight excluding hydrogens is 428 g/mol. The Morgan fingerprint density at radius 2 is 1.88 bits per heavy atom. The highest BCUT2D eigenvalue weighted by Crippen LogP contribution is 2.30. The number of thiophene rings is 1. The van der Waals surface area contributed by atoms with Crippen molar-refractivity contribution in [2.45, 2.75) is 36.9 Å². The number of halogens is 1. The highest BCUT2D eigenvalue weighted by molar-refractivity contribution is 9.11. The first-order valence-electron chi connectivity index (χ1n) is 8.12. The second-order valence-corrected chi connectivity index (χ2v) is 10.9. The molecule has 0 amide bonds. The summed E-state index contributed by atoms with van der Waals surface area (Å²) in [5.41, 5.74) is 0. The van der Waals surface area contributed by atoms with Crippen LogP contribution in [0.3, 0.4) is 0 Å². The van der Waals surface area contributed by atoms with Gasteiger partial charge in [-0.3, -0.25) is 4.90 Å². The molecule has 0 radical (unpaired) electrons. The molecule has 3 heterocycles. The molecule has 25 heavy (non-hydrogen) atoms. The zero-order chi connectivity index (χ0) is 18.2. The molecule has 0 spiro atoms. The van der Waals surface area contributed by atoms with Crippen molar-refractivity contribution in [3.63, 3.8) is 0 Å². The van der Waals surface area contributed by atoms with Crippen molar-refractivity contribution in [3.05, 3.63) is 27.6 Å². The number of piperazine rings is 1. The average Bonchev–Trinajstić information content (AvgIpc) is 3.23. The molecule has 0 aliphatic carbocycles. The minimum Gasteiger partial charge on any atom is -0.338 e. The van der Waals surface area contributed by atoms with Crippen LogP contribution in [0.15, 0.2) is 24.7 Å². The van der Waals surface area contributed by atoms with Crippen molar-refractivity contribution in [2.24, 2.45) is 0 Å². The van der Waals surface area contributed by atoms with E-state index in [9.17, 15) is 8.42 Å². The van der Waals surface area contributed by atoms with Gasteiger partial charge in [-0.2, -0.15) is 9.29 Å². The van der Waals surface area contributed by atoms with E-state index in [1.165, 1.54) is 11.3 Å². The molecule has 1 saturated heterocycles. The van der Waals surface area contributed by atoms with Crippen LogP contribution in [-0.2, 0) is 10.0 Å². The minimum atomic E-state index is -3.42. The molecule has 2 aromatic rings. The summed E-state index contributed by atoms with van der Waals surface area (Å²) in [5.74, 6) is 1.50. The molecule has 3 rings (SSSR count). The number of hydrogen-bond donors (Lipinski definition) is 0. The zero-order valence-electron chi connectivity index (χ0n) is 14.3. The lowest BCUT2D eigenvalue weighted by Gasteiger charge is -2.35. The van der Waals surface area contributed by atoms with Gasteiger partial charge in [0, 0.05) is 32.1 Å². The summed E-state index contributed by atoms with van der Waals surface area (Å²) in [4.78, 5) is 6.62. The lowest BCUT2D eigenvalue weighted by Crippen LogP contribution is -2.49. The number of hydrogen-bond acceptors (Lipinski definition) is 7. The monoisotopic (exact) mass is 448 g/mol. The van der Waals surface area contributed by atoms with Crippen LogP contribution in [-0.4, -0.2) is 53.9 Å². The van der Waals surface area contributed by atoms with Crippen LogP contribution in [0.5, 0.6) is 0 Å². The molecule has 1 fully saturated rings. The molecule has 0 N–H and O–H groups in total. The van der Waals surface area contributed by atoms with E-state index in [4.69, 9.17) is 4.52 Å². The van der Waals surface area contributed by atoms with Gasteiger partial charge in [-0.25, -0.2) is 8.42 Å². The van der Waals surface area contributed by atoms with Crippen LogP contribution < -0.4 is 0 Å². The maximum Gasteiger partial charge on any atom is 0.252 e. The fraction of sp³-hybridized carbons (Fsp3) is 0.600. The molecule has 10 heteroatoms. The Morgan fingerprint density at radius 1 is 1.20 bits per heavy atom. The van der Waals surface area contributed by atoms with E-state index in [0.717, 1.165) is 3.79 Å². The van der Waals surface area contributed by atoms with Crippen molar-refractivity contribution in [2.75, 3.05) is 26.2 Å². The maximum atomic E-state index is 12.7. The van der Waals surface area contributed by atoms with E-state index in [1.54, 1.807) is 16.4 Å². The molecule has 1 atom stereocenters. The second-order valence-electron chi connectivity index (χ2n) is 6.32. The Kier molecular flexibility index (Phi) is 5.64. The Hall–Kier alpha value is -0.810. The third kappa shape index (κ3) is 3.97. The van der Waals surface area contributed by atoms with Crippen molar-refractivity contribution in [1.82, 2.24) is 19.3 Å². The van der Waals surface area contributed by atoms with Crippen molar-refractivity contribution >= 4 is 37.3 Å². The maximum absolute atomic E-state index is 12.7. The summed E-state index contributed by atoms with van der Waals surface area (Å²) < 4.78 is 33.5. The molecule has 1 aliphatic heterocycles. The van der Waals surface area contributed by atoms with Crippen LogP contribution in [0.1, 0.15) is 44.4 Å². The van der Waals surface area contributed by atoms with Crippen LogP contribution >= 0.6 is 27.3 Å². The Balaban J connectivity index is 1.65. The van der Waals surface area contributed by atoms with Gasteiger partial charge in [0.1, 0.15) is 4.21 Å². The second kappa shape index (κ2) is 7.43. The first-order valence-corrected chi connectivity index (χ1v) is 11.2. The lowest BCUT2D eigenvalue weighted by atomic mass is 10.2. The summed E-state index contributed by atoms with van der Waals surface area (Å²) in [6.07, 6.45) is 0. The van der Waals surface area contributed by atoms with Gasteiger partial charge in [0.2, 0.25) is 5.89 Å². The van der Waals surface area contributed by atoms with Gasteiger partial charge in [-0.15, -0.1) is 11.3 Å². The van der Waals surface area contributed by atoms with Crippen molar-refractivity contribution in [1.29, 1.82) is 0 Å². The average molecular weight is 449 g/mol. The fourth-order valence-electron chi connectivity index (χ4n) is 2.70. The predicted molar refractivity (Wildman–Crippen MR) is 99.2 cm³/mol. The van der Waals surface area contributed by atoms with E-state index >= 15 is 0 Å². The molecule has 1 aliphatic rings. The quantitative estimate of drug-likeness (QED) is 0.698. The van der Waals surface area contributed by atoms with Crippen LogP contribution in [0.2, 0.25) is 0 Å². The standard InChI is InChI=1S/C15H21BrN4O3S2/c1-10(2)14-17-15(23-18-14)11(3)19-6-8-20(9-7-19)25(21,22)13-5-4-12(16)24-13/h4-5,10-11H,6-9H2,1-3H3/t11-/m0/s1. The normalized spacial score (nSPS) is 18.8. The van der Waals surface area contributed by atoms with Crippen LogP contribution in [0.25, 0.3) is 0 Å². The van der Waals surface area contributed by atoms with E-state index in [2.05, 4.69) is 31.0 Å². The van der Waals surface area contributed by atoms with E-state index in [1.807, 2.05) is 20.8 Å². The summed E-state index contributed by atoms with van der Waals surface area (Å²) in [7, 11) is -3.42. The molecule has 2 aromatic heterocycles. The van der Waals surface area contributed by atoms with E-state index in [0.29, 0.717) is 42.1 Å². The Bertz CT molecular complexity index is 825. The minimum absolute atomic E-state index is 0.0271. The van der Waals surface area contributed by atoms with Gasteiger partial charge < -0.3 is 4.52 Å². The molecule has 0 aromatic carbocycles. The van der Waals surface area contributed by atoms with Crippen LogP contribution in [0, 0.1) is 0 Å². The summed E-state index contributed by atoms with van der Waals surface area (Å²) in [6.45, 7) is 8.22. The van der Waals surface area contributed by atoms with Crippen molar-refractivity contribution < 1.29 is 12.9 Å². The molecule has 0 unspecified atom stereocenters. The first-order chi connectivity index (χ1) is 11.8. The van der Waals surface area contributed by atoms with Gasteiger partial charge in [-0.1, -0.05) is 19.0 Å². The predicted octanol–water partition coefficient (Wildman–Crippen LogP) is 3.08. The summed E-state index contributed by atoms with van der Waals surface area (Å²) in [6, 6.07) is 3.38. The largest absolute Gasteiger partial charge is 0.338 e. The summed E-state index contributed by atoms with van der Waals surface area (Å²) in [5, 5.41) is 4.01. The molecule has 138 valence electrons. The van der Waals surface area contributed by atoms with Gasteiger partial charge in [0.05, 0.1) is 9.83 Å². The number of nitrogens with zero attached hydrogens (tertiary/aromatic N) is 4. The number of rotatable bonds is 5. The fourth-order valence-corrected chi connectivity index (χ4v) is 6.29. The Morgan fingerprint density at radius 3 is 2.40 bits per heavy atom. The molecular formula is C15H21BrN4O3S2. The van der Waals surface area contributed by atoms with Gasteiger partial charge >= 0.3 is 0 Å². The third-order valence-electron chi connectivity index (χ3n) is 4.29. The highest BCUT2D eigenvalue weighted by Gasteiger charge is 2.32. The number of aromatic nitrogens is 2. The molecule has 7 nitrogen and oxygen atoms in total. The van der Waals surface area contributed by atoms with Crippen LogP contribution in [0.4, 0.5) is 0 Å². The highest BCUT2D eigenvalue weighted by atomic mass is 79.9. The van der Waals surface area contributed by atoms with Gasteiger partial charge in [0.15, 0.2) is 5.82 Å².